The van der Waals surface area contributed by atoms with Gasteiger partial charge in [-0.25, -0.2) is 4.79 Å². The number of aliphatic hydroxyl groups excluding tert-OH is 2. The number of allylic oxidation sites excluding steroid dienone is 14. The van der Waals surface area contributed by atoms with Crippen molar-refractivity contribution in [2.75, 3.05) is 13.2 Å². The molecular formula is C67H112O12. The summed E-state index contributed by atoms with van der Waals surface area (Å²) in [5.41, 5.74) is 0. The third kappa shape index (κ3) is 44.3. The Morgan fingerprint density at radius 2 is 0.823 bits per heavy atom. The average Bonchev–Trinajstić information content (AvgIpc) is 3.44. The van der Waals surface area contributed by atoms with E-state index in [9.17, 15) is 34.5 Å². The largest absolute Gasteiger partial charge is 0.479 e. The number of aliphatic hydroxyl groups is 2. The van der Waals surface area contributed by atoms with Crippen LogP contribution in [0.5, 0.6) is 0 Å². The monoisotopic (exact) mass is 1110 g/mol. The Morgan fingerprint density at radius 1 is 0.430 bits per heavy atom. The van der Waals surface area contributed by atoms with E-state index < -0.39 is 67.3 Å². The SMILES string of the molecule is CC/C=C\C/C=C\C/C=C\C/C=C\C/C=C\CCCCCC(=O)OCC(COC1OC(C(=O)O)C(O)C(O)C1OC(=O)CCCCCCC/C=C\C/C=C\CCC)OC(=O)CCCCCCCCCCCCCCCCCCC. The summed E-state index contributed by atoms with van der Waals surface area (Å²) in [6, 6.07) is 0. The Kier molecular flexibility index (Phi) is 50.3. The van der Waals surface area contributed by atoms with Crippen molar-refractivity contribution >= 4 is 23.9 Å². The summed E-state index contributed by atoms with van der Waals surface area (Å²) in [6.07, 6.45) is 58.3. The zero-order valence-electron chi connectivity index (χ0n) is 49.8. The summed E-state index contributed by atoms with van der Waals surface area (Å²) in [5, 5.41) is 31.5. The average molecular weight is 1110 g/mol. The first-order valence-corrected chi connectivity index (χ1v) is 31.6. The number of carbonyl (C=O) groups excluding carboxylic acids is 3. The molecule has 1 saturated heterocycles. The quantitative estimate of drug-likeness (QED) is 0.0228. The normalized spacial score (nSPS) is 18.4. The fourth-order valence-electron chi connectivity index (χ4n) is 9.14. The van der Waals surface area contributed by atoms with Gasteiger partial charge in [0.05, 0.1) is 6.61 Å². The molecule has 6 unspecified atom stereocenters. The van der Waals surface area contributed by atoms with E-state index in [0.717, 1.165) is 122 Å². The summed E-state index contributed by atoms with van der Waals surface area (Å²) in [7, 11) is 0. The van der Waals surface area contributed by atoms with Crippen LogP contribution in [0.4, 0.5) is 0 Å². The molecule has 0 aromatic heterocycles. The van der Waals surface area contributed by atoms with Crippen LogP contribution in [0.25, 0.3) is 0 Å². The van der Waals surface area contributed by atoms with Gasteiger partial charge < -0.3 is 39.0 Å². The highest BCUT2D eigenvalue weighted by molar-refractivity contribution is 5.74. The van der Waals surface area contributed by atoms with Gasteiger partial charge in [0, 0.05) is 19.3 Å². The zero-order chi connectivity index (χ0) is 57.5. The highest BCUT2D eigenvalue weighted by Crippen LogP contribution is 2.26. The second-order valence-electron chi connectivity index (χ2n) is 21.3. The maximum absolute atomic E-state index is 13.2. The first-order chi connectivity index (χ1) is 38.6. The molecule has 0 aliphatic carbocycles. The number of aliphatic carboxylic acids is 1. The van der Waals surface area contributed by atoms with E-state index in [4.69, 9.17) is 23.7 Å². The Morgan fingerprint density at radius 3 is 1.28 bits per heavy atom. The lowest BCUT2D eigenvalue weighted by Crippen LogP contribution is -2.61. The smallest absolute Gasteiger partial charge is 0.335 e. The third-order valence-electron chi connectivity index (χ3n) is 13.9. The van der Waals surface area contributed by atoms with Gasteiger partial charge in [-0.05, 0) is 89.9 Å². The Bertz CT molecular complexity index is 1700. The Labute approximate surface area is 480 Å². The number of carboxylic acid groups (broad SMARTS) is 1. The maximum atomic E-state index is 13.2. The summed E-state index contributed by atoms with van der Waals surface area (Å²) >= 11 is 0. The summed E-state index contributed by atoms with van der Waals surface area (Å²) < 4.78 is 28.5. The lowest BCUT2D eigenvalue weighted by molar-refractivity contribution is -0.301. The van der Waals surface area contributed by atoms with E-state index in [0.29, 0.717) is 19.3 Å². The van der Waals surface area contributed by atoms with Gasteiger partial charge in [0.25, 0.3) is 0 Å². The molecule has 0 radical (unpaired) electrons. The first kappa shape index (κ1) is 72.9. The number of rotatable bonds is 53. The van der Waals surface area contributed by atoms with Gasteiger partial charge in [-0.2, -0.15) is 0 Å². The molecule has 452 valence electrons. The van der Waals surface area contributed by atoms with E-state index in [1.54, 1.807) is 0 Å². The fourth-order valence-corrected chi connectivity index (χ4v) is 9.14. The zero-order valence-corrected chi connectivity index (χ0v) is 49.8. The van der Waals surface area contributed by atoms with Crippen LogP contribution >= 0.6 is 0 Å². The van der Waals surface area contributed by atoms with Crippen LogP contribution in [-0.4, -0.2) is 89.2 Å². The van der Waals surface area contributed by atoms with Gasteiger partial charge in [-0.15, -0.1) is 0 Å². The third-order valence-corrected chi connectivity index (χ3v) is 13.9. The van der Waals surface area contributed by atoms with E-state index in [1.165, 1.54) is 83.5 Å². The van der Waals surface area contributed by atoms with Crippen LogP contribution in [0.15, 0.2) is 85.1 Å². The summed E-state index contributed by atoms with van der Waals surface area (Å²) in [4.78, 5) is 51.2. The molecule has 0 amide bonds. The topological polar surface area (TPSA) is 175 Å². The van der Waals surface area contributed by atoms with Crippen molar-refractivity contribution in [1.29, 1.82) is 0 Å². The first-order valence-electron chi connectivity index (χ1n) is 31.6. The van der Waals surface area contributed by atoms with Gasteiger partial charge in [-0.1, -0.05) is 241 Å². The van der Waals surface area contributed by atoms with Gasteiger partial charge in [0.1, 0.15) is 18.8 Å². The van der Waals surface area contributed by atoms with Crippen LogP contribution < -0.4 is 0 Å². The van der Waals surface area contributed by atoms with Crippen LogP contribution in [-0.2, 0) is 42.9 Å². The molecule has 79 heavy (non-hydrogen) atoms. The van der Waals surface area contributed by atoms with Crippen LogP contribution in [0.1, 0.15) is 265 Å². The minimum Gasteiger partial charge on any atom is -0.479 e. The number of carbonyl (C=O) groups is 4. The highest BCUT2D eigenvalue weighted by Gasteiger charge is 2.50. The fraction of sp³-hybridized carbons (Fsp3) is 0.731. The molecule has 3 N–H and O–H groups in total. The molecule has 0 aromatic rings. The Balaban J connectivity index is 2.69. The predicted octanol–water partition coefficient (Wildman–Crippen LogP) is 16.7. The molecule has 12 nitrogen and oxygen atoms in total. The van der Waals surface area contributed by atoms with Gasteiger partial charge in [0.15, 0.2) is 24.6 Å². The number of carboxylic acids is 1. The second kappa shape index (κ2) is 54.5. The van der Waals surface area contributed by atoms with E-state index in [2.05, 4.69) is 106 Å². The molecule has 0 aromatic carbocycles. The van der Waals surface area contributed by atoms with Crippen LogP contribution in [0, 0.1) is 0 Å². The van der Waals surface area contributed by atoms with Gasteiger partial charge in [-0.3, -0.25) is 14.4 Å². The van der Waals surface area contributed by atoms with Crippen molar-refractivity contribution in [3.05, 3.63) is 85.1 Å². The van der Waals surface area contributed by atoms with Crippen molar-refractivity contribution in [3.63, 3.8) is 0 Å². The van der Waals surface area contributed by atoms with Crippen LogP contribution in [0.3, 0.4) is 0 Å². The van der Waals surface area contributed by atoms with Crippen molar-refractivity contribution in [2.45, 2.75) is 302 Å². The highest BCUT2D eigenvalue weighted by atomic mass is 16.7. The molecule has 1 fully saturated rings. The number of esters is 3. The second-order valence-corrected chi connectivity index (χ2v) is 21.3. The van der Waals surface area contributed by atoms with Crippen molar-refractivity contribution in [3.8, 4) is 0 Å². The van der Waals surface area contributed by atoms with Crippen molar-refractivity contribution in [1.82, 2.24) is 0 Å². The minimum absolute atomic E-state index is 0.0391. The molecular weight excluding hydrogens is 997 g/mol. The summed E-state index contributed by atoms with van der Waals surface area (Å²) in [5.74, 6) is -3.17. The number of ether oxygens (including phenoxy) is 5. The van der Waals surface area contributed by atoms with Crippen molar-refractivity contribution in [2.24, 2.45) is 0 Å². The predicted molar refractivity (Wildman–Crippen MR) is 321 cm³/mol. The molecule has 6 atom stereocenters. The molecule has 1 aliphatic heterocycles. The molecule has 1 rings (SSSR count). The summed E-state index contributed by atoms with van der Waals surface area (Å²) in [6.45, 7) is 5.80. The van der Waals surface area contributed by atoms with E-state index in [1.807, 2.05) is 0 Å². The van der Waals surface area contributed by atoms with Gasteiger partial charge >= 0.3 is 23.9 Å². The van der Waals surface area contributed by atoms with Crippen molar-refractivity contribution < 1.29 is 58.2 Å². The number of hydrogen-bond acceptors (Lipinski definition) is 11. The molecule has 0 bridgehead atoms. The molecule has 1 heterocycles. The Hall–Kier alpha value is -4.10. The van der Waals surface area contributed by atoms with E-state index >= 15 is 0 Å². The number of hydrogen-bond donors (Lipinski definition) is 3. The van der Waals surface area contributed by atoms with Crippen LogP contribution in [0.2, 0.25) is 0 Å². The van der Waals surface area contributed by atoms with E-state index in [-0.39, 0.29) is 25.9 Å². The van der Waals surface area contributed by atoms with Gasteiger partial charge in [0.2, 0.25) is 0 Å². The molecule has 0 spiro atoms. The molecule has 0 saturated carbocycles. The molecule has 12 heteroatoms. The maximum Gasteiger partial charge on any atom is 0.335 e. The molecule has 1 aliphatic rings. The lowest BCUT2D eigenvalue weighted by Gasteiger charge is -2.40. The lowest BCUT2D eigenvalue weighted by atomic mass is 9.98. The standard InChI is InChI=1S/C67H112O12/c1-4-7-10-13-16-19-22-25-27-29-30-32-33-36-38-41-44-47-50-53-59(68)75-56-58(77-60(69)54-51-48-45-42-40-37-34-31-28-26-23-20-17-14-11-8-5-2)57-76-67-65(63(72)62(71)64(79-67)66(73)74)78-61(70)55-52-49-46-43-39-35-24-21-18-15-12-9-6-3/h7,10,12,15-16,19,21,24-25,27,30,32,36,38,58,62-65,67,71-72H,4-6,8-9,11,13-14,17-18,20,22-23,26,28-29,31,33-35,37,39-57H2,1-3H3,(H,73,74)/b10-7-,15-12-,19-16-,24-21-,27-25-,32-30-,38-36-. The minimum atomic E-state index is -1.91. The number of unbranched alkanes of at least 4 members (excludes halogenated alkanes) is 25.